The summed E-state index contributed by atoms with van der Waals surface area (Å²) in [6.07, 6.45) is 0.845. The molecule has 1 saturated carbocycles. The molecule has 0 radical (unpaired) electrons. The van der Waals surface area contributed by atoms with Crippen LogP contribution in [-0.2, 0) is 0 Å². The van der Waals surface area contributed by atoms with Gasteiger partial charge in [-0.25, -0.2) is 14.2 Å². The molecule has 0 bridgehead atoms. The van der Waals surface area contributed by atoms with Gasteiger partial charge in [-0.1, -0.05) is 12.1 Å². The number of halogens is 1. The Hall–Kier alpha value is -2.63. The molecule has 2 unspecified atom stereocenters. The van der Waals surface area contributed by atoms with E-state index in [0.29, 0.717) is 11.8 Å². The summed E-state index contributed by atoms with van der Waals surface area (Å²) in [5.74, 6) is 1.44. The molecule has 1 amide bonds. The van der Waals surface area contributed by atoms with Crippen LogP contribution in [0.5, 0.6) is 0 Å². The van der Waals surface area contributed by atoms with Gasteiger partial charge in [0.25, 0.3) is 0 Å². The molecule has 1 saturated heterocycles. The van der Waals surface area contributed by atoms with Crippen LogP contribution in [0.4, 0.5) is 15.0 Å². The van der Waals surface area contributed by atoms with E-state index in [1.165, 1.54) is 12.1 Å². The molecule has 118 valence electrons. The summed E-state index contributed by atoms with van der Waals surface area (Å²) < 4.78 is 13.0. The van der Waals surface area contributed by atoms with Gasteiger partial charge in [0.15, 0.2) is 0 Å². The highest BCUT2D eigenvalue weighted by atomic mass is 19.1. The van der Waals surface area contributed by atoms with Crippen LogP contribution in [0, 0.1) is 17.7 Å². The number of piperidine rings is 1. The summed E-state index contributed by atoms with van der Waals surface area (Å²) in [5, 5.41) is 11.3. The molecular formula is C17H16FN3O2. The first kappa shape index (κ1) is 14.0. The third-order valence-electron chi connectivity index (χ3n) is 4.73. The lowest BCUT2D eigenvalue weighted by atomic mass is 10.1. The smallest absolute Gasteiger partial charge is 0.404 e. The quantitative estimate of drug-likeness (QED) is 0.914. The van der Waals surface area contributed by atoms with Gasteiger partial charge in [0, 0.05) is 42.7 Å². The zero-order valence-corrected chi connectivity index (χ0v) is 12.3. The fraction of sp³-hybridized carbons (Fsp3) is 0.294. The molecule has 2 N–H and O–H groups in total. The molecule has 1 aromatic carbocycles. The highest BCUT2D eigenvalue weighted by Gasteiger charge is 2.56. The number of hydrogen-bond acceptors (Lipinski definition) is 3. The summed E-state index contributed by atoms with van der Waals surface area (Å²) in [6.45, 7) is 1.66. The van der Waals surface area contributed by atoms with Crippen molar-refractivity contribution in [2.75, 3.05) is 18.0 Å². The van der Waals surface area contributed by atoms with Crippen molar-refractivity contribution in [1.29, 1.82) is 0 Å². The second-order valence-electron chi connectivity index (χ2n) is 6.12. The van der Waals surface area contributed by atoms with Crippen molar-refractivity contribution in [2.24, 2.45) is 11.8 Å². The summed E-state index contributed by atoms with van der Waals surface area (Å²) in [7, 11) is 0. The molecule has 2 aromatic rings. The highest BCUT2D eigenvalue weighted by molar-refractivity contribution is 5.66. The predicted molar refractivity (Wildman–Crippen MR) is 83.8 cm³/mol. The van der Waals surface area contributed by atoms with E-state index in [1.807, 2.05) is 12.1 Å². The van der Waals surface area contributed by atoms with Crippen molar-refractivity contribution >= 4 is 11.9 Å². The number of benzene rings is 1. The number of nitrogens with one attached hydrogen (secondary N) is 1. The fourth-order valence-electron chi connectivity index (χ4n) is 3.46. The van der Waals surface area contributed by atoms with Gasteiger partial charge in [-0.2, -0.15) is 0 Å². The zero-order valence-electron chi connectivity index (χ0n) is 12.3. The lowest BCUT2D eigenvalue weighted by Crippen LogP contribution is -2.34. The third-order valence-corrected chi connectivity index (χ3v) is 4.73. The average molecular weight is 313 g/mol. The van der Waals surface area contributed by atoms with Crippen LogP contribution in [0.15, 0.2) is 42.6 Å². The monoisotopic (exact) mass is 313 g/mol. The highest BCUT2D eigenvalue weighted by Crippen LogP contribution is 2.46. The minimum absolute atomic E-state index is 0.0993. The molecule has 6 heteroatoms. The first-order valence-electron chi connectivity index (χ1n) is 7.58. The first-order valence-corrected chi connectivity index (χ1v) is 7.58. The Labute approximate surface area is 132 Å². The number of carboxylic acid groups (broad SMARTS) is 1. The summed E-state index contributed by atoms with van der Waals surface area (Å²) in [4.78, 5) is 17.3. The van der Waals surface area contributed by atoms with Crippen LogP contribution in [0.3, 0.4) is 0 Å². The van der Waals surface area contributed by atoms with Gasteiger partial charge in [-0.3, -0.25) is 0 Å². The Balaban J connectivity index is 1.42. The Kier molecular flexibility index (Phi) is 3.18. The molecule has 4 rings (SSSR count). The van der Waals surface area contributed by atoms with E-state index in [1.54, 1.807) is 18.3 Å². The number of fused-ring (bicyclic) bond motifs is 1. The largest absolute Gasteiger partial charge is 0.465 e. The summed E-state index contributed by atoms with van der Waals surface area (Å²) in [6, 6.07) is 10.4. The molecule has 2 aliphatic rings. The topological polar surface area (TPSA) is 65.5 Å². The number of aromatic nitrogens is 1. The molecule has 1 aromatic heterocycles. The molecule has 2 atom stereocenters. The number of rotatable bonds is 3. The van der Waals surface area contributed by atoms with Crippen molar-refractivity contribution in [3.8, 4) is 11.1 Å². The van der Waals surface area contributed by atoms with Gasteiger partial charge >= 0.3 is 6.09 Å². The van der Waals surface area contributed by atoms with E-state index in [9.17, 15) is 9.18 Å². The normalized spacial score (nSPS) is 25.1. The minimum Gasteiger partial charge on any atom is -0.465 e. The van der Waals surface area contributed by atoms with Gasteiger partial charge in [-0.15, -0.1) is 0 Å². The van der Waals surface area contributed by atoms with E-state index in [0.717, 1.165) is 30.0 Å². The summed E-state index contributed by atoms with van der Waals surface area (Å²) >= 11 is 0. The molecule has 1 aliphatic carbocycles. The van der Waals surface area contributed by atoms with Gasteiger partial charge in [0.2, 0.25) is 0 Å². The minimum atomic E-state index is -0.947. The van der Waals surface area contributed by atoms with Crippen molar-refractivity contribution < 1.29 is 14.3 Å². The van der Waals surface area contributed by atoms with Gasteiger partial charge in [-0.05, 0) is 29.8 Å². The van der Waals surface area contributed by atoms with Crippen LogP contribution >= 0.6 is 0 Å². The van der Waals surface area contributed by atoms with Crippen LogP contribution in [-0.4, -0.2) is 35.3 Å². The fourth-order valence-corrected chi connectivity index (χ4v) is 3.46. The lowest BCUT2D eigenvalue weighted by molar-refractivity contribution is 0.192. The second kappa shape index (κ2) is 5.22. The SMILES string of the molecule is O=C(O)NC1C2CN(c3ccc(-c4ccc(F)cc4)cn3)CC21. The number of pyridine rings is 1. The number of amides is 1. The molecule has 2 fully saturated rings. The Bertz CT molecular complexity index is 721. The van der Waals surface area contributed by atoms with E-state index >= 15 is 0 Å². The number of hydrogen-bond donors (Lipinski definition) is 2. The van der Waals surface area contributed by atoms with Gasteiger partial charge < -0.3 is 15.3 Å². The summed E-state index contributed by atoms with van der Waals surface area (Å²) in [5.41, 5.74) is 1.88. The van der Waals surface area contributed by atoms with Crippen LogP contribution in [0.25, 0.3) is 11.1 Å². The maximum Gasteiger partial charge on any atom is 0.404 e. The Morgan fingerprint density at radius 1 is 1.13 bits per heavy atom. The van der Waals surface area contributed by atoms with E-state index in [2.05, 4.69) is 15.2 Å². The van der Waals surface area contributed by atoms with Crippen molar-refractivity contribution in [1.82, 2.24) is 10.3 Å². The van der Waals surface area contributed by atoms with Crippen molar-refractivity contribution in [3.05, 3.63) is 48.4 Å². The molecular weight excluding hydrogens is 297 g/mol. The number of nitrogens with zero attached hydrogens (tertiary/aromatic N) is 2. The standard InChI is InChI=1S/C17H16FN3O2/c18-12-4-1-10(2-5-12)11-3-6-15(19-7-11)21-8-13-14(9-21)16(13)20-17(22)23/h1-7,13-14,16,20H,8-9H2,(H,22,23). The zero-order chi connectivity index (χ0) is 16.0. The maximum atomic E-state index is 13.0. The lowest BCUT2D eigenvalue weighted by Gasteiger charge is -2.21. The first-order chi connectivity index (χ1) is 11.1. The molecule has 1 aliphatic heterocycles. The van der Waals surface area contributed by atoms with Gasteiger partial charge in [0.1, 0.15) is 11.6 Å². The van der Waals surface area contributed by atoms with Crippen LogP contribution in [0.1, 0.15) is 0 Å². The van der Waals surface area contributed by atoms with Crippen LogP contribution in [0.2, 0.25) is 0 Å². The number of carbonyl (C=O) groups is 1. The van der Waals surface area contributed by atoms with Crippen molar-refractivity contribution in [3.63, 3.8) is 0 Å². The van der Waals surface area contributed by atoms with E-state index in [4.69, 9.17) is 5.11 Å². The number of anilines is 1. The maximum absolute atomic E-state index is 13.0. The van der Waals surface area contributed by atoms with E-state index in [-0.39, 0.29) is 11.9 Å². The Morgan fingerprint density at radius 3 is 2.35 bits per heavy atom. The molecule has 5 nitrogen and oxygen atoms in total. The third kappa shape index (κ3) is 2.60. The molecule has 23 heavy (non-hydrogen) atoms. The van der Waals surface area contributed by atoms with Crippen LogP contribution < -0.4 is 10.2 Å². The average Bonchev–Trinajstić information content (AvgIpc) is 2.98. The van der Waals surface area contributed by atoms with Gasteiger partial charge in [0.05, 0.1) is 0 Å². The predicted octanol–water partition coefficient (Wildman–Crippen LogP) is 2.59. The van der Waals surface area contributed by atoms with E-state index < -0.39 is 6.09 Å². The van der Waals surface area contributed by atoms with Crippen molar-refractivity contribution in [2.45, 2.75) is 6.04 Å². The molecule has 2 heterocycles. The molecule has 0 spiro atoms. The second-order valence-corrected chi connectivity index (χ2v) is 6.12. The Morgan fingerprint density at radius 2 is 1.78 bits per heavy atom.